The Bertz CT molecular complexity index is 847. The highest BCUT2D eigenvalue weighted by atomic mass is 16.2. The van der Waals surface area contributed by atoms with E-state index >= 15 is 0 Å². The van der Waals surface area contributed by atoms with E-state index < -0.39 is 23.3 Å². The first-order valence-electron chi connectivity index (χ1n) is 8.84. The van der Waals surface area contributed by atoms with Crippen molar-refractivity contribution in [2.24, 2.45) is 5.41 Å². The van der Waals surface area contributed by atoms with Crippen molar-refractivity contribution in [2.75, 3.05) is 36.9 Å². The van der Waals surface area contributed by atoms with Crippen LogP contribution < -0.4 is 20.9 Å². The van der Waals surface area contributed by atoms with E-state index in [1.807, 2.05) is 19.2 Å². The number of fused-ring (bicyclic) bond motifs is 4. The summed E-state index contributed by atoms with van der Waals surface area (Å²) in [6.45, 7) is 3.40. The van der Waals surface area contributed by atoms with Crippen LogP contribution in [0.2, 0.25) is 0 Å². The number of rotatable bonds is 1. The Morgan fingerprint density at radius 2 is 1.89 bits per heavy atom. The summed E-state index contributed by atoms with van der Waals surface area (Å²) in [6.07, 6.45) is 0.162. The summed E-state index contributed by atoms with van der Waals surface area (Å²) >= 11 is 0. The van der Waals surface area contributed by atoms with E-state index in [0.29, 0.717) is 18.8 Å². The number of benzene rings is 1. The Balaban J connectivity index is 1.83. The van der Waals surface area contributed by atoms with Gasteiger partial charge in [-0.15, -0.1) is 0 Å². The third-order valence-corrected chi connectivity index (χ3v) is 5.60. The molecule has 2 saturated heterocycles. The van der Waals surface area contributed by atoms with Crippen LogP contribution in [-0.2, 0) is 20.8 Å². The molecule has 0 unspecified atom stereocenters. The number of barbiturate groups is 1. The summed E-state index contributed by atoms with van der Waals surface area (Å²) in [5.74, 6) is -1.34. The summed E-state index contributed by atoms with van der Waals surface area (Å²) in [4.78, 5) is 53.0. The van der Waals surface area contributed by atoms with Crippen molar-refractivity contribution in [2.45, 2.75) is 19.4 Å². The molecular weight excluding hydrogens is 350 g/mol. The molecule has 9 heteroatoms. The Kier molecular flexibility index (Phi) is 3.92. The fraction of sp³-hybridized carbons (Fsp3) is 0.444. The zero-order valence-corrected chi connectivity index (χ0v) is 15.2. The molecule has 4 rings (SSSR count). The van der Waals surface area contributed by atoms with Gasteiger partial charge in [0.1, 0.15) is 0 Å². The molecule has 1 aromatic carbocycles. The van der Waals surface area contributed by atoms with Crippen LogP contribution in [0.5, 0.6) is 0 Å². The summed E-state index contributed by atoms with van der Waals surface area (Å²) in [7, 11) is 1.95. The van der Waals surface area contributed by atoms with Gasteiger partial charge in [0.05, 0.1) is 6.04 Å². The van der Waals surface area contributed by atoms with Crippen LogP contribution in [0.25, 0.3) is 0 Å². The van der Waals surface area contributed by atoms with Gasteiger partial charge in [0, 0.05) is 37.9 Å². The third kappa shape index (κ3) is 2.66. The van der Waals surface area contributed by atoms with Crippen LogP contribution in [0.3, 0.4) is 0 Å². The second-order valence-electron chi connectivity index (χ2n) is 7.38. The van der Waals surface area contributed by atoms with E-state index in [4.69, 9.17) is 0 Å². The van der Waals surface area contributed by atoms with E-state index in [2.05, 4.69) is 25.8 Å². The Hall–Kier alpha value is -2.94. The zero-order chi connectivity index (χ0) is 19.3. The van der Waals surface area contributed by atoms with Gasteiger partial charge in [0.2, 0.25) is 17.7 Å². The maximum absolute atomic E-state index is 12.9. The number of hydrogen-bond acceptors (Lipinski definition) is 6. The van der Waals surface area contributed by atoms with Crippen LogP contribution in [0.4, 0.5) is 16.2 Å². The van der Waals surface area contributed by atoms with Gasteiger partial charge in [-0.05, 0) is 37.2 Å². The second-order valence-corrected chi connectivity index (χ2v) is 7.38. The SMILES string of the molecule is CC(=O)Nc1ccc2c(c1)CC1(C(=O)NC(=O)NC1=O)[C@H]1CN(C)CCN21. The fourth-order valence-electron chi connectivity index (χ4n) is 4.36. The Morgan fingerprint density at radius 1 is 1.19 bits per heavy atom. The largest absolute Gasteiger partial charge is 0.364 e. The van der Waals surface area contributed by atoms with Crippen molar-refractivity contribution in [3.8, 4) is 0 Å². The normalized spacial score (nSPS) is 24.0. The van der Waals surface area contributed by atoms with Gasteiger partial charge in [-0.25, -0.2) is 4.79 Å². The van der Waals surface area contributed by atoms with Crippen molar-refractivity contribution in [3.05, 3.63) is 23.8 Å². The number of carbonyl (C=O) groups is 4. The van der Waals surface area contributed by atoms with Gasteiger partial charge in [0.25, 0.3) is 0 Å². The average molecular weight is 371 g/mol. The molecule has 5 amide bonds. The summed E-state index contributed by atoms with van der Waals surface area (Å²) in [5, 5.41) is 7.28. The minimum atomic E-state index is -1.40. The van der Waals surface area contributed by atoms with Crippen molar-refractivity contribution >= 4 is 35.1 Å². The van der Waals surface area contributed by atoms with Crippen LogP contribution in [0, 0.1) is 5.41 Å². The lowest BCUT2D eigenvalue weighted by Gasteiger charge is -2.53. The number of urea groups is 1. The molecule has 3 N–H and O–H groups in total. The minimum absolute atomic E-state index is 0.162. The lowest BCUT2D eigenvalue weighted by Crippen LogP contribution is -2.74. The van der Waals surface area contributed by atoms with Crippen molar-refractivity contribution in [1.29, 1.82) is 0 Å². The smallest absolute Gasteiger partial charge is 0.328 e. The quantitative estimate of drug-likeness (QED) is 0.583. The lowest BCUT2D eigenvalue weighted by molar-refractivity contribution is -0.147. The van der Waals surface area contributed by atoms with Gasteiger partial charge in [-0.3, -0.25) is 25.0 Å². The summed E-state index contributed by atoms with van der Waals surface area (Å²) in [6, 6.07) is 4.35. The maximum Gasteiger partial charge on any atom is 0.328 e. The molecule has 0 aliphatic carbocycles. The number of nitrogens with one attached hydrogen (secondary N) is 3. The molecule has 1 spiro atoms. The monoisotopic (exact) mass is 371 g/mol. The van der Waals surface area contributed by atoms with Crippen LogP contribution in [0.1, 0.15) is 12.5 Å². The Morgan fingerprint density at radius 3 is 2.56 bits per heavy atom. The fourth-order valence-corrected chi connectivity index (χ4v) is 4.36. The number of hydrogen-bond donors (Lipinski definition) is 3. The van der Waals surface area contributed by atoms with E-state index in [-0.39, 0.29) is 18.4 Å². The van der Waals surface area contributed by atoms with Gasteiger partial charge in [-0.1, -0.05) is 0 Å². The number of amides is 5. The molecule has 3 aliphatic heterocycles. The van der Waals surface area contributed by atoms with Crippen molar-refractivity contribution < 1.29 is 19.2 Å². The molecular formula is C18H21N5O4. The molecule has 0 radical (unpaired) electrons. The first-order valence-corrected chi connectivity index (χ1v) is 8.84. The van der Waals surface area contributed by atoms with E-state index in [0.717, 1.165) is 17.8 Å². The molecule has 142 valence electrons. The molecule has 1 atom stereocenters. The van der Waals surface area contributed by atoms with Gasteiger partial charge < -0.3 is 15.1 Å². The molecule has 3 heterocycles. The summed E-state index contributed by atoms with van der Waals surface area (Å²) in [5.41, 5.74) is 0.952. The molecule has 2 fully saturated rings. The van der Waals surface area contributed by atoms with Crippen molar-refractivity contribution in [1.82, 2.24) is 15.5 Å². The number of likely N-dealkylation sites (N-methyl/N-ethyl adjacent to an activating group) is 1. The molecule has 3 aliphatic rings. The number of piperazine rings is 1. The number of imide groups is 2. The third-order valence-electron chi connectivity index (χ3n) is 5.60. The minimum Gasteiger partial charge on any atom is -0.364 e. The van der Waals surface area contributed by atoms with Crippen LogP contribution in [0.15, 0.2) is 18.2 Å². The number of nitrogens with zero attached hydrogens (tertiary/aromatic N) is 2. The lowest BCUT2D eigenvalue weighted by atomic mass is 9.68. The highest BCUT2D eigenvalue weighted by Gasteiger charge is 2.60. The molecule has 27 heavy (non-hydrogen) atoms. The number of carbonyl (C=O) groups excluding carboxylic acids is 4. The van der Waals surface area contributed by atoms with Gasteiger partial charge >= 0.3 is 6.03 Å². The van der Waals surface area contributed by atoms with E-state index in [1.165, 1.54) is 6.92 Å². The first-order chi connectivity index (χ1) is 12.8. The average Bonchev–Trinajstić information content (AvgIpc) is 2.58. The Labute approximate surface area is 156 Å². The number of anilines is 2. The van der Waals surface area contributed by atoms with Gasteiger partial charge in [0.15, 0.2) is 5.41 Å². The molecule has 9 nitrogen and oxygen atoms in total. The first kappa shape index (κ1) is 17.5. The molecule has 0 saturated carbocycles. The highest BCUT2D eigenvalue weighted by molar-refractivity contribution is 6.20. The molecule has 0 bridgehead atoms. The second kappa shape index (κ2) is 6.05. The van der Waals surface area contributed by atoms with Gasteiger partial charge in [-0.2, -0.15) is 0 Å². The van der Waals surface area contributed by atoms with Crippen LogP contribution in [-0.4, -0.2) is 61.4 Å². The van der Waals surface area contributed by atoms with Crippen molar-refractivity contribution in [3.63, 3.8) is 0 Å². The maximum atomic E-state index is 12.9. The topological polar surface area (TPSA) is 111 Å². The van der Waals surface area contributed by atoms with E-state index in [9.17, 15) is 19.2 Å². The highest BCUT2D eigenvalue weighted by Crippen LogP contribution is 2.44. The molecule has 1 aromatic rings. The predicted molar refractivity (Wildman–Crippen MR) is 97.2 cm³/mol. The summed E-state index contributed by atoms with van der Waals surface area (Å²) < 4.78 is 0. The van der Waals surface area contributed by atoms with E-state index in [1.54, 1.807) is 6.07 Å². The predicted octanol–water partition coefficient (Wildman–Crippen LogP) is -0.326. The zero-order valence-electron chi connectivity index (χ0n) is 15.2. The standard InChI is InChI=1S/C18H21N5O4/c1-10(24)19-12-3-4-13-11(7-12)8-18(14-9-22(2)5-6-23(13)14)15(25)20-17(27)21-16(18)26/h3-4,7,14H,5-6,8-9H2,1-2H3,(H,19,24)(H2,20,21,25,26,27)/t14-/m1/s1. The van der Waals surface area contributed by atoms with Crippen LogP contribution >= 0.6 is 0 Å². The molecule has 0 aromatic heterocycles.